The van der Waals surface area contributed by atoms with Crippen LogP contribution in [0.25, 0.3) is 11.6 Å². The van der Waals surface area contributed by atoms with Gasteiger partial charge >= 0.3 is 6.18 Å². The molecule has 2 rings (SSSR count). The van der Waals surface area contributed by atoms with Gasteiger partial charge in [0.25, 0.3) is 5.69 Å². The molecule has 0 aliphatic heterocycles. The van der Waals surface area contributed by atoms with Gasteiger partial charge in [0.2, 0.25) is 0 Å². The molecule has 0 amide bonds. The fraction of sp³-hybridized carbons (Fsp3) is 0.0667. The number of alkyl halides is 3. The number of hydrogen-bond donors (Lipinski definition) is 0. The fourth-order valence-corrected chi connectivity index (χ4v) is 1.81. The minimum atomic E-state index is -4.51. The van der Waals surface area contributed by atoms with Gasteiger partial charge in [0, 0.05) is 12.1 Å². The van der Waals surface area contributed by atoms with Crippen LogP contribution in [0, 0.1) is 10.1 Å². The number of benzene rings is 2. The molecule has 0 aliphatic rings. The number of nitro benzene ring substituents is 1. The monoisotopic (exact) mass is 293 g/mol. The van der Waals surface area contributed by atoms with Crippen molar-refractivity contribution in [2.24, 2.45) is 0 Å². The zero-order valence-electron chi connectivity index (χ0n) is 10.7. The Hall–Kier alpha value is -2.63. The molecular formula is C15H10F3NO2. The van der Waals surface area contributed by atoms with E-state index in [0.717, 1.165) is 6.08 Å². The van der Waals surface area contributed by atoms with Gasteiger partial charge in [0.05, 0.1) is 10.5 Å². The van der Waals surface area contributed by atoms with Gasteiger partial charge in [-0.3, -0.25) is 10.1 Å². The Labute approximate surface area is 118 Å². The van der Waals surface area contributed by atoms with Crippen molar-refractivity contribution >= 4 is 17.3 Å². The zero-order chi connectivity index (χ0) is 15.5. The molecule has 0 N–H and O–H groups in total. The Kier molecular flexibility index (Phi) is 4.07. The standard InChI is InChI=1S/C15H10F3NO2/c16-15(17,18)14(12-4-2-1-3-5-12)10-11-6-8-13(9-7-11)19(20)21/h1-10H/b14-10+. The molecule has 2 aromatic carbocycles. The third-order valence-electron chi connectivity index (χ3n) is 2.81. The van der Waals surface area contributed by atoms with Crippen LogP contribution in [0.15, 0.2) is 54.6 Å². The molecule has 0 spiro atoms. The molecule has 21 heavy (non-hydrogen) atoms. The minimum Gasteiger partial charge on any atom is -0.258 e. The van der Waals surface area contributed by atoms with Crippen LogP contribution in [0.4, 0.5) is 18.9 Å². The molecule has 0 radical (unpaired) electrons. The lowest BCUT2D eigenvalue weighted by Crippen LogP contribution is -2.10. The zero-order valence-corrected chi connectivity index (χ0v) is 10.7. The summed E-state index contributed by atoms with van der Waals surface area (Å²) in [5, 5.41) is 10.5. The van der Waals surface area contributed by atoms with E-state index in [1.54, 1.807) is 6.07 Å². The van der Waals surface area contributed by atoms with E-state index in [2.05, 4.69) is 0 Å². The Balaban J connectivity index is 2.44. The maximum atomic E-state index is 13.1. The quantitative estimate of drug-likeness (QED) is 0.468. The van der Waals surface area contributed by atoms with Gasteiger partial charge in [-0.05, 0) is 29.3 Å². The maximum Gasteiger partial charge on any atom is 0.417 e. The summed E-state index contributed by atoms with van der Waals surface area (Å²) in [5.41, 5.74) is -0.669. The van der Waals surface area contributed by atoms with Gasteiger partial charge in [0.1, 0.15) is 0 Å². The molecule has 0 heterocycles. The summed E-state index contributed by atoms with van der Waals surface area (Å²) < 4.78 is 39.4. The highest BCUT2D eigenvalue weighted by Crippen LogP contribution is 2.35. The highest BCUT2D eigenvalue weighted by Gasteiger charge is 2.34. The van der Waals surface area contributed by atoms with E-state index < -0.39 is 16.7 Å². The molecule has 6 heteroatoms. The fourth-order valence-electron chi connectivity index (χ4n) is 1.81. The van der Waals surface area contributed by atoms with Crippen LogP contribution in [-0.4, -0.2) is 11.1 Å². The first-order valence-electron chi connectivity index (χ1n) is 5.97. The summed E-state index contributed by atoms with van der Waals surface area (Å²) in [4.78, 5) is 9.92. The molecule has 2 aromatic rings. The Bertz CT molecular complexity index is 662. The molecule has 0 fully saturated rings. The van der Waals surface area contributed by atoms with Gasteiger partial charge in [-0.25, -0.2) is 0 Å². The minimum absolute atomic E-state index is 0.0448. The van der Waals surface area contributed by atoms with Crippen molar-refractivity contribution in [1.29, 1.82) is 0 Å². The Morgan fingerprint density at radius 3 is 2.05 bits per heavy atom. The smallest absolute Gasteiger partial charge is 0.258 e. The van der Waals surface area contributed by atoms with Crippen molar-refractivity contribution in [1.82, 2.24) is 0 Å². The third kappa shape index (κ3) is 3.68. The molecule has 3 nitrogen and oxygen atoms in total. The summed E-state index contributed by atoms with van der Waals surface area (Å²) in [6.07, 6.45) is -3.54. The average molecular weight is 293 g/mol. The van der Waals surface area contributed by atoms with Crippen molar-refractivity contribution in [3.63, 3.8) is 0 Å². The van der Waals surface area contributed by atoms with E-state index in [4.69, 9.17) is 0 Å². The van der Waals surface area contributed by atoms with Gasteiger partial charge in [-0.15, -0.1) is 0 Å². The van der Waals surface area contributed by atoms with Gasteiger partial charge in [-0.2, -0.15) is 13.2 Å². The molecule has 0 atom stereocenters. The first-order valence-corrected chi connectivity index (χ1v) is 5.97. The van der Waals surface area contributed by atoms with Gasteiger partial charge in [-0.1, -0.05) is 30.3 Å². The van der Waals surface area contributed by atoms with Crippen LogP contribution in [0.5, 0.6) is 0 Å². The SMILES string of the molecule is O=[N+]([O-])c1ccc(/C=C(\c2ccccc2)C(F)(F)F)cc1. The number of hydrogen-bond acceptors (Lipinski definition) is 2. The molecule has 0 saturated heterocycles. The predicted molar refractivity (Wildman–Crippen MR) is 73.5 cm³/mol. The normalized spacial score (nSPS) is 12.2. The van der Waals surface area contributed by atoms with Crippen LogP contribution in [0.3, 0.4) is 0 Å². The van der Waals surface area contributed by atoms with Crippen molar-refractivity contribution in [3.05, 3.63) is 75.8 Å². The third-order valence-corrected chi connectivity index (χ3v) is 2.81. The highest BCUT2D eigenvalue weighted by atomic mass is 19.4. The van der Waals surface area contributed by atoms with Crippen LogP contribution in [-0.2, 0) is 0 Å². The summed E-state index contributed by atoms with van der Waals surface area (Å²) >= 11 is 0. The molecular weight excluding hydrogens is 283 g/mol. The van der Waals surface area contributed by atoms with E-state index in [9.17, 15) is 23.3 Å². The summed E-state index contributed by atoms with van der Waals surface area (Å²) in [7, 11) is 0. The molecule has 0 saturated carbocycles. The Morgan fingerprint density at radius 1 is 1.00 bits per heavy atom. The van der Waals surface area contributed by atoms with Crippen LogP contribution < -0.4 is 0 Å². The highest BCUT2D eigenvalue weighted by molar-refractivity contribution is 5.84. The van der Waals surface area contributed by atoms with Gasteiger partial charge < -0.3 is 0 Å². The van der Waals surface area contributed by atoms with Crippen LogP contribution in [0.2, 0.25) is 0 Å². The van der Waals surface area contributed by atoms with Crippen molar-refractivity contribution in [2.75, 3.05) is 0 Å². The predicted octanol–water partition coefficient (Wildman–Crippen LogP) is 4.70. The first-order chi connectivity index (χ1) is 9.88. The molecule has 0 bridgehead atoms. The summed E-state index contributed by atoms with van der Waals surface area (Å²) in [5.74, 6) is 0. The largest absolute Gasteiger partial charge is 0.417 e. The number of allylic oxidation sites excluding steroid dienone is 1. The summed E-state index contributed by atoms with van der Waals surface area (Å²) in [6.45, 7) is 0. The van der Waals surface area contributed by atoms with Crippen molar-refractivity contribution in [3.8, 4) is 0 Å². The lowest BCUT2D eigenvalue weighted by molar-refractivity contribution is -0.384. The molecule has 0 aliphatic carbocycles. The van der Waals surface area contributed by atoms with Crippen LogP contribution >= 0.6 is 0 Å². The second kappa shape index (κ2) is 5.78. The molecule has 0 unspecified atom stereocenters. The number of rotatable bonds is 3. The van der Waals surface area contributed by atoms with Crippen molar-refractivity contribution in [2.45, 2.75) is 6.18 Å². The topological polar surface area (TPSA) is 43.1 Å². The van der Waals surface area contributed by atoms with Crippen molar-refractivity contribution < 1.29 is 18.1 Å². The van der Waals surface area contributed by atoms with E-state index in [0.29, 0.717) is 0 Å². The molecule has 0 aromatic heterocycles. The lowest BCUT2D eigenvalue weighted by atomic mass is 10.0. The summed E-state index contributed by atoms with van der Waals surface area (Å²) in [6, 6.07) is 12.3. The second-order valence-electron chi connectivity index (χ2n) is 4.27. The second-order valence-corrected chi connectivity index (χ2v) is 4.27. The van der Waals surface area contributed by atoms with E-state index in [1.165, 1.54) is 48.5 Å². The maximum absolute atomic E-state index is 13.1. The van der Waals surface area contributed by atoms with E-state index in [1.807, 2.05) is 0 Å². The van der Waals surface area contributed by atoms with Crippen LogP contribution in [0.1, 0.15) is 11.1 Å². The molecule has 108 valence electrons. The number of non-ortho nitro benzene ring substituents is 1. The lowest BCUT2D eigenvalue weighted by Gasteiger charge is -2.12. The average Bonchev–Trinajstić information content (AvgIpc) is 2.45. The number of halogens is 3. The number of nitro groups is 1. The number of nitrogens with zero attached hydrogens (tertiary/aromatic N) is 1. The van der Waals surface area contributed by atoms with E-state index in [-0.39, 0.29) is 16.8 Å². The Morgan fingerprint density at radius 2 is 1.57 bits per heavy atom. The first kappa shape index (κ1) is 14.8. The van der Waals surface area contributed by atoms with Gasteiger partial charge in [0.15, 0.2) is 0 Å². The van der Waals surface area contributed by atoms with E-state index >= 15 is 0 Å².